The van der Waals surface area contributed by atoms with Gasteiger partial charge in [0.1, 0.15) is 12.3 Å². The highest BCUT2D eigenvalue weighted by atomic mass is 127. The summed E-state index contributed by atoms with van der Waals surface area (Å²) in [5.74, 6) is 2.44. The number of nitrogens with zero attached hydrogens (tertiary/aromatic N) is 4. The quantitative estimate of drug-likeness (QED) is 0.303. The molecule has 2 aliphatic rings. The van der Waals surface area contributed by atoms with Crippen LogP contribution in [0.3, 0.4) is 0 Å². The fraction of sp³-hybridized carbons (Fsp3) is 0.667. The number of guanidine groups is 1. The average molecular weight is 558 g/mol. The number of aliphatic imine (C=N–C) groups is 1. The van der Waals surface area contributed by atoms with Crippen molar-refractivity contribution in [1.29, 1.82) is 0 Å². The number of nitrogens with one attached hydrogen (secondary N) is 1. The summed E-state index contributed by atoms with van der Waals surface area (Å²) in [7, 11) is 5.24. The molecule has 180 valence electrons. The average Bonchev–Trinajstić information content (AvgIpc) is 3.25. The lowest BCUT2D eigenvalue weighted by molar-refractivity contribution is -0.127. The number of carbonyl (C=O) groups is 1. The van der Waals surface area contributed by atoms with Crippen LogP contribution in [0.5, 0.6) is 5.75 Å². The summed E-state index contributed by atoms with van der Waals surface area (Å²) < 4.78 is 5.24. The molecule has 7 nitrogen and oxygen atoms in total. The Labute approximate surface area is 210 Å². The third-order valence-corrected chi connectivity index (χ3v) is 6.27. The predicted molar refractivity (Wildman–Crippen MR) is 141 cm³/mol. The van der Waals surface area contributed by atoms with Crippen molar-refractivity contribution < 1.29 is 9.53 Å². The summed E-state index contributed by atoms with van der Waals surface area (Å²) in [6.07, 6.45) is 6.14. The number of rotatable bonds is 8. The third-order valence-electron chi connectivity index (χ3n) is 6.27. The van der Waals surface area contributed by atoms with E-state index in [1.807, 2.05) is 12.1 Å². The number of piperidine rings is 1. The van der Waals surface area contributed by atoms with E-state index in [1.54, 1.807) is 26.1 Å². The Morgan fingerprint density at radius 1 is 1.16 bits per heavy atom. The third kappa shape index (κ3) is 8.42. The normalized spacial score (nSPS) is 19.4. The highest BCUT2D eigenvalue weighted by molar-refractivity contribution is 14.0. The summed E-state index contributed by atoms with van der Waals surface area (Å²) in [4.78, 5) is 23.3. The van der Waals surface area contributed by atoms with Gasteiger partial charge in [-0.3, -0.25) is 4.79 Å². The summed E-state index contributed by atoms with van der Waals surface area (Å²) in [5.41, 5.74) is 1.25. The van der Waals surface area contributed by atoms with Crippen LogP contribution in [0.25, 0.3) is 0 Å². The van der Waals surface area contributed by atoms with Crippen molar-refractivity contribution in [2.45, 2.75) is 32.1 Å². The highest BCUT2D eigenvalue weighted by Gasteiger charge is 2.27. The van der Waals surface area contributed by atoms with Gasteiger partial charge in [0.2, 0.25) is 5.91 Å². The van der Waals surface area contributed by atoms with E-state index in [0.717, 1.165) is 37.8 Å². The van der Waals surface area contributed by atoms with Crippen LogP contribution in [0, 0.1) is 5.92 Å². The van der Waals surface area contributed by atoms with Gasteiger partial charge in [0, 0.05) is 40.3 Å². The minimum atomic E-state index is 0. The molecule has 1 amide bonds. The van der Waals surface area contributed by atoms with Gasteiger partial charge >= 0.3 is 0 Å². The van der Waals surface area contributed by atoms with Gasteiger partial charge in [0.05, 0.1) is 7.11 Å². The number of amides is 1. The number of benzene rings is 1. The maximum Gasteiger partial charge on any atom is 0.243 e. The number of likely N-dealkylation sites (N-methyl/N-ethyl adjacent to an activating group) is 1. The van der Waals surface area contributed by atoms with Crippen LogP contribution in [0.15, 0.2) is 29.3 Å². The number of ether oxygens (including phenoxy) is 1. The zero-order valence-corrected chi connectivity index (χ0v) is 22.2. The molecule has 0 saturated carbocycles. The maximum absolute atomic E-state index is 12.1. The Kier molecular flexibility index (Phi) is 11.6. The second-order valence-electron chi connectivity index (χ2n) is 8.91. The Morgan fingerprint density at radius 3 is 2.53 bits per heavy atom. The Bertz CT molecular complexity index is 720. The van der Waals surface area contributed by atoms with Gasteiger partial charge in [-0.15, -0.1) is 24.0 Å². The number of hydrogen-bond donors (Lipinski definition) is 1. The second kappa shape index (κ2) is 13.9. The molecule has 0 radical (unpaired) electrons. The van der Waals surface area contributed by atoms with E-state index in [4.69, 9.17) is 4.74 Å². The smallest absolute Gasteiger partial charge is 0.243 e. The molecule has 1 unspecified atom stereocenters. The van der Waals surface area contributed by atoms with Crippen molar-refractivity contribution in [2.24, 2.45) is 10.9 Å². The Hall–Kier alpha value is -1.55. The molecule has 8 heteroatoms. The molecule has 32 heavy (non-hydrogen) atoms. The zero-order valence-electron chi connectivity index (χ0n) is 19.9. The molecule has 2 aliphatic heterocycles. The van der Waals surface area contributed by atoms with Crippen LogP contribution in [0.4, 0.5) is 0 Å². The minimum absolute atomic E-state index is 0. The molecule has 0 aromatic heterocycles. The molecule has 0 spiro atoms. The van der Waals surface area contributed by atoms with Gasteiger partial charge < -0.3 is 24.8 Å². The molecule has 1 aromatic rings. The first-order valence-electron chi connectivity index (χ1n) is 11.6. The van der Waals surface area contributed by atoms with E-state index in [9.17, 15) is 4.79 Å². The van der Waals surface area contributed by atoms with Crippen molar-refractivity contribution in [2.75, 3.05) is 67.0 Å². The van der Waals surface area contributed by atoms with E-state index in [0.29, 0.717) is 5.92 Å². The van der Waals surface area contributed by atoms with Crippen LogP contribution >= 0.6 is 24.0 Å². The highest BCUT2D eigenvalue weighted by Crippen LogP contribution is 2.20. The molecular weight excluding hydrogens is 517 g/mol. The van der Waals surface area contributed by atoms with E-state index < -0.39 is 0 Å². The lowest BCUT2D eigenvalue weighted by atomic mass is 10.1. The molecule has 0 bridgehead atoms. The predicted octanol–water partition coefficient (Wildman–Crippen LogP) is 2.70. The van der Waals surface area contributed by atoms with Gasteiger partial charge in [-0.05, 0) is 62.4 Å². The number of hydrogen-bond acceptors (Lipinski definition) is 4. The summed E-state index contributed by atoms with van der Waals surface area (Å²) >= 11 is 0. The number of halogens is 1. The molecule has 0 aliphatic carbocycles. The van der Waals surface area contributed by atoms with Crippen LogP contribution in [-0.4, -0.2) is 93.6 Å². The fourth-order valence-electron chi connectivity index (χ4n) is 4.34. The molecule has 2 heterocycles. The van der Waals surface area contributed by atoms with Crippen molar-refractivity contribution in [1.82, 2.24) is 20.0 Å². The zero-order chi connectivity index (χ0) is 22.1. The second-order valence-corrected chi connectivity index (χ2v) is 8.91. The monoisotopic (exact) mass is 557 g/mol. The summed E-state index contributed by atoms with van der Waals surface area (Å²) in [5, 5.41) is 3.52. The van der Waals surface area contributed by atoms with Crippen LogP contribution in [0.2, 0.25) is 0 Å². The maximum atomic E-state index is 12.1. The number of likely N-dealkylation sites (tertiary alicyclic amines) is 2. The number of methoxy groups -OCH3 is 1. The van der Waals surface area contributed by atoms with Gasteiger partial charge in [-0.25, -0.2) is 4.99 Å². The summed E-state index contributed by atoms with van der Waals surface area (Å²) in [6, 6.07) is 8.17. The van der Waals surface area contributed by atoms with E-state index in [1.165, 1.54) is 50.9 Å². The van der Waals surface area contributed by atoms with Crippen molar-refractivity contribution >= 4 is 35.8 Å². The van der Waals surface area contributed by atoms with E-state index >= 15 is 0 Å². The van der Waals surface area contributed by atoms with Gasteiger partial charge in [-0.1, -0.05) is 18.6 Å². The number of carbonyl (C=O) groups excluding carboxylic acids is 1. The summed E-state index contributed by atoms with van der Waals surface area (Å²) in [6.45, 7) is 6.67. The van der Waals surface area contributed by atoms with Gasteiger partial charge in [-0.2, -0.15) is 0 Å². The van der Waals surface area contributed by atoms with E-state index in [-0.39, 0.29) is 36.4 Å². The van der Waals surface area contributed by atoms with Crippen molar-refractivity contribution in [3.05, 3.63) is 29.8 Å². The lowest BCUT2D eigenvalue weighted by Crippen LogP contribution is -2.42. The van der Waals surface area contributed by atoms with Gasteiger partial charge in [0.15, 0.2) is 5.96 Å². The van der Waals surface area contributed by atoms with Crippen molar-refractivity contribution in [3.63, 3.8) is 0 Å². The van der Waals surface area contributed by atoms with Crippen LogP contribution < -0.4 is 10.1 Å². The Morgan fingerprint density at radius 2 is 1.88 bits per heavy atom. The van der Waals surface area contributed by atoms with E-state index in [2.05, 4.69) is 32.2 Å². The van der Waals surface area contributed by atoms with Crippen LogP contribution in [0.1, 0.15) is 31.2 Å². The lowest BCUT2D eigenvalue weighted by Gasteiger charge is -2.29. The molecule has 1 aromatic carbocycles. The van der Waals surface area contributed by atoms with Crippen molar-refractivity contribution in [3.8, 4) is 5.75 Å². The fourth-order valence-corrected chi connectivity index (χ4v) is 4.34. The first-order valence-corrected chi connectivity index (χ1v) is 11.6. The molecule has 3 rings (SSSR count). The first kappa shape index (κ1) is 26.7. The molecule has 2 saturated heterocycles. The topological polar surface area (TPSA) is 60.4 Å². The molecule has 2 fully saturated rings. The molecule has 1 N–H and O–H groups in total. The van der Waals surface area contributed by atoms with Gasteiger partial charge in [0.25, 0.3) is 0 Å². The first-order chi connectivity index (χ1) is 15.0. The SMILES string of the molecule is COc1ccc(CCNC(=NCC(=O)N(C)C)N2CCC(CN3CCCCC3)C2)cc1.I. The minimum Gasteiger partial charge on any atom is -0.497 e. The van der Waals surface area contributed by atoms with Crippen LogP contribution in [-0.2, 0) is 11.2 Å². The largest absolute Gasteiger partial charge is 0.497 e. The molecule has 1 atom stereocenters. The standard InChI is InChI=1S/C24H39N5O2.HI/c1-27(2)23(30)17-26-24(25-13-11-20-7-9-22(31-3)10-8-20)29-16-12-21(19-29)18-28-14-5-4-6-15-28;/h7-10,21H,4-6,11-19H2,1-3H3,(H,25,26);1H. The Balaban J connectivity index is 0.00000363. The molecular formula is C24H40IN5O2.